The van der Waals surface area contributed by atoms with Gasteiger partial charge in [0.05, 0.1) is 10.8 Å². The fourth-order valence-corrected chi connectivity index (χ4v) is 5.64. The molecule has 0 saturated carbocycles. The van der Waals surface area contributed by atoms with Crippen LogP contribution in [0.5, 0.6) is 0 Å². The van der Waals surface area contributed by atoms with Crippen molar-refractivity contribution in [3.05, 3.63) is 41.5 Å². The molecule has 0 N–H and O–H groups in total. The highest BCUT2D eigenvalue weighted by atomic mass is 32.2. The molecule has 2 saturated heterocycles. The van der Waals surface area contributed by atoms with Gasteiger partial charge in [-0.2, -0.15) is 9.29 Å². The maximum atomic E-state index is 13.0. The lowest BCUT2D eigenvalue weighted by molar-refractivity contribution is 0.0695. The number of carbonyl (C=O) groups excluding carboxylic acids is 1. The molecule has 1 atom stereocenters. The Hall–Kier alpha value is -2.26. The van der Waals surface area contributed by atoms with Gasteiger partial charge in [-0.1, -0.05) is 12.1 Å². The molecule has 3 heterocycles. The fourth-order valence-electron chi connectivity index (χ4n) is 4.17. The monoisotopic (exact) mass is 432 g/mol. The molecule has 0 bridgehead atoms. The maximum Gasteiger partial charge on any atom is 0.253 e. The molecule has 2 aliphatic heterocycles. The SMILES string of the molecule is Cc1noc(C2CCCN(C(=O)c3ccc(S(=O)(=O)N4CCC(C)CC4)cc3)C2)n1. The van der Waals surface area contributed by atoms with Gasteiger partial charge in [0.1, 0.15) is 0 Å². The topological polar surface area (TPSA) is 96.6 Å². The van der Waals surface area contributed by atoms with Gasteiger partial charge in [-0.15, -0.1) is 0 Å². The van der Waals surface area contributed by atoms with Gasteiger partial charge in [0.25, 0.3) is 5.91 Å². The van der Waals surface area contributed by atoms with Crippen LogP contribution in [0.1, 0.15) is 60.6 Å². The molecule has 8 nitrogen and oxygen atoms in total. The van der Waals surface area contributed by atoms with Gasteiger partial charge in [0.15, 0.2) is 5.82 Å². The van der Waals surface area contributed by atoms with Crippen molar-refractivity contribution >= 4 is 15.9 Å². The summed E-state index contributed by atoms with van der Waals surface area (Å²) in [6.45, 7) is 6.21. The maximum absolute atomic E-state index is 13.0. The van der Waals surface area contributed by atoms with Crippen LogP contribution in [-0.4, -0.2) is 59.8 Å². The van der Waals surface area contributed by atoms with E-state index < -0.39 is 10.0 Å². The third-order valence-electron chi connectivity index (χ3n) is 6.08. The van der Waals surface area contributed by atoms with Gasteiger partial charge in [-0.25, -0.2) is 8.42 Å². The molecule has 9 heteroatoms. The van der Waals surface area contributed by atoms with Gasteiger partial charge in [0.2, 0.25) is 15.9 Å². The first-order valence-corrected chi connectivity index (χ1v) is 12.0. The highest BCUT2D eigenvalue weighted by molar-refractivity contribution is 7.89. The third-order valence-corrected chi connectivity index (χ3v) is 8.00. The molecular weight excluding hydrogens is 404 g/mol. The molecule has 2 aliphatic rings. The summed E-state index contributed by atoms with van der Waals surface area (Å²) in [6, 6.07) is 6.32. The molecule has 2 aromatic rings. The van der Waals surface area contributed by atoms with Crippen molar-refractivity contribution in [3.8, 4) is 0 Å². The minimum Gasteiger partial charge on any atom is -0.339 e. The molecule has 2 fully saturated rings. The normalized spacial score (nSPS) is 21.7. The van der Waals surface area contributed by atoms with Crippen molar-refractivity contribution in [2.75, 3.05) is 26.2 Å². The van der Waals surface area contributed by atoms with Gasteiger partial charge < -0.3 is 9.42 Å². The number of likely N-dealkylation sites (tertiary alicyclic amines) is 1. The zero-order chi connectivity index (χ0) is 21.3. The average Bonchev–Trinajstić information content (AvgIpc) is 3.20. The van der Waals surface area contributed by atoms with Gasteiger partial charge in [-0.05, 0) is 62.8 Å². The van der Waals surface area contributed by atoms with Crippen LogP contribution in [-0.2, 0) is 10.0 Å². The second-order valence-corrected chi connectivity index (χ2v) is 10.3. The first-order chi connectivity index (χ1) is 14.3. The van der Waals surface area contributed by atoms with Crippen LogP contribution in [0.4, 0.5) is 0 Å². The first kappa shape index (κ1) is 21.0. The molecule has 1 aromatic heterocycles. The summed E-state index contributed by atoms with van der Waals surface area (Å²) < 4.78 is 32.6. The minimum atomic E-state index is -3.51. The smallest absolute Gasteiger partial charge is 0.253 e. The van der Waals surface area contributed by atoms with E-state index in [1.807, 2.05) is 0 Å². The van der Waals surface area contributed by atoms with Gasteiger partial charge in [-0.3, -0.25) is 4.79 Å². The molecule has 1 unspecified atom stereocenters. The lowest BCUT2D eigenvalue weighted by atomic mass is 9.97. The van der Waals surface area contributed by atoms with Crippen LogP contribution in [0.2, 0.25) is 0 Å². The van der Waals surface area contributed by atoms with E-state index in [1.54, 1.807) is 40.4 Å². The third kappa shape index (κ3) is 4.27. The summed E-state index contributed by atoms with van der Waals surface area (Å²) in [4.78, 5) is 19.3. The summed E-state index contributed by atoms with van der Waals surface area (Å²) in [5.41, 5.74) is 0.489. The van der Waals surface area contributed by atoms with E-state index in [4.69, 9.17) is 4.52 Å². The number of amides is 1. The number of piperidine rings is 2. The Kier molecular flexibility index (Phi) is 5.92. The standard InChI is InChI=1S/C21H28N4O4S/c1-15-9-12-25(13-10-15)30(27,28)19-7-5-17(6-8-19)21(26)24-11-3-4-18(14-24)20-22-16(2)23-29-20/h5-8,15,18H,3-4,9-14H2,1-2H3. The number of rotatable bonds is 4. The Morgan fingerprint density at radius 3 is 2.43 bits per heavy atom. The largest absolute Gasteiger partial charge is 0.339 e. The van der Waals surface area contributed by atoms with Crippen molar-refractivity contribution in [2.24, 2.45) is 5.92 Å². The summed E-state index contributed by atoms with van der Waals surface area (Å²) in [6.07, 6.45) is 3.52. The van der Waals surface area contributed by atoms with Gasteiger partial charge in [0, 0.05) is 31.7 Å². The van der Waals surface area contributed by atoms with E-state index in [0.29, 0.717) is 49.4 Å². The van der Waals surface area contributed by atoms with E-state index in [2.05, 4.69) is 17.1 Å². The molecule has 0 aliphatic carbocycles. The fraction of sp³-hybridized carbons (Fsp3) is 0.571. The number of aromatic nitrogens is 2. The minimum absolute atomic E-state index is 0.0324. The Morgan fingerprint density at radius 1 is 1.10 bits per heavy atom. The number of sulfonamides is 1. The Labute approximate surface area is 177 Å². The number of hydrogen-bond acceptors (Lipinski definition) is 6. The summed E-state index contributed by atoms with van der Waals surface area (Å²) in [7, 11) is -3.51. The number of carbonyl (C=O) groups is 1. The number of hydrogen-bond donors (Lipinski definition) is 0. The first-order valence-electron chi connectivity index (χ1n) is 10.5. The van der Waals surface area contributed by atoms with E-state index in [1.165, 1.54) is 0 Å². The molecule has 1 aromatic carbocycles. The molecule has 4 rings (SSSR count). The van der Waals surface area contributed by atoms with Crippen molar-refractivity contribution < 1.29 is 17.7 Å². The van der Waals surface area contributed by atoms with Crippen LogP contribution in [0.15, 0.2) is 33.7 Å². The van der Waals surface area contributed by atoms with Crippen molar-refractivity contribution in [3.63, 3.8) is 0 Å². The van der Waals surface area contributed by atoms with Crippen LogP contribution >= 0.6 is 0 Å². The molecule has 162 valence electrons. The molecule has 30 heavy (non-hydrogen) atoms. The Morgan fingerprint density at radius 2 is 1.80 bits per heavy atom. The van der Waals surface area contributed by atoms with Crippen molar-refractivity contribution in [2.45, 2.75) is 50.3 Å². The number of nitrogens with zero attached hydrogens (tertiary/aromatic N) is 4. The summed E-state index contributed by atoms with van der Waals surface area (Å²) in [5, 5.41) is 3.84. The predicted octanol–water partition coefficient (Wildman–Crippen LogP) is 2.82. The predicted molar refractivity (Wildman–Crippen MR) is 111 cm³/mol. The van der Waals surface area contributed by atoms with E-state index in [9.17, 15) is 13.2 Å². The lowest BCUT2D eigenvalue weighted by Gasteiger charge is -2.31. The second-order valence-electron chi connectivity index (χ2n) is 8.38. The van der Waals surface area contributed by atoms with Crippen LogP contribution < -0.4 is 0 Å². The Bertz CT molecular complexity index is 994. The molecule has 0 radical (unpaired) electrons. The molecule has 1 amide bonds. The Balaban J connectivity index is 1.45. The lowest BCUT2D eigenvalue weighted by Crippen LogP contribution is -2.39. The quantitative estimate of drug-likeness (QED) is 0.737. The summed E-state index contributed by atoms with van der Waals surface area (Å²) >= 11 is 0. The zero-order valence-corrected chi connectivity index (χ0v) is 18.3. The second kappa shape index (κ2) is 8.47. The highest BCUT2D eigenvalue weighted by Crippen LogP contribution is 2.27. The summed E-state index contributed by atoms with van der Waals surface area (Å²) in [5.74, 6) is 1.65. The molecule has 0 spiro atoms. The van der Waals surface area contributed by atoms with Crippen molar-refractivity contribution in [1.29, 1.82) is 0 Å². The van der Waals surface area contributed by atoms with Gasteiger partial charge >= 0.3 is 0 Å². The molecular formula is C21H28N4O4S. The average molecular weight is 433 g/mol. The van der Waals surface area contributed by atoms with Crippen LogP contribution in [0, 0.1) is 12.8 Å². The van der Waals surface area contributed by atoms with Crippen LogP contribution in [0.25, 0.3) is 0 Å². The van der Waals surface area contributed by atoms with E-state index in [0.717, 1.165) is 25.7 Å². The zero-order valence-electron chi connectivity index (χ0n) is 17.5. The van der Waals surface area contributed by atoms with E-state index >= 15 is 0 Å². The van der Waals surface area contributed by atoms with E-state index in [-0.39, 0.29) is 16.7 Å². The number of benzene rings is 1. The van der Waals surface area contributed by atoms with Crippen LogP contribution in [0.3, 0.4) is 0 Å². The number of aryl methyl sites for hydroxylation is 1. The highest BCUT2D eigenvalue weighted by Gasteiger charge is 2.30. The van der Waals surface area contributed by atoms with Crippen molar-refractivity contribution in [1.82, 2.24) is 19.3 Å².